The fourth-order valence-electron chi connectivity index (χ4n) is 1.61. The highest BCUT2D eigenvalue weighted by molar-refractivity contribution is 5.96. The summed E-state index contributed by atoms with van der Waals surface area (Å²) in [6.07, 6.45) is 0.869. The van der Waals surface area contributed by atoms with Gasteiger partial charge in [-0.1, -0.05) is 20.3 Å². The van der Waals surface area contributed by atoms with E-state index in [1.54, 1.807) is 31.3 Å². The van der Waals surface area contributed by atoms with E-state index in [1.807, 2.05) is 19.9 Å². The van der Waals surface area contributed by atoms with Crippen LogP contribution in [0.1, 0.15) is 25.8 Å². The van der Waals surface area contributed by atoms with Crippen LogP contribution in [0.25, 0.3) is 0 Å². The van der Waals surface area contributed by atoms with Gasteiger partial charge >= 0.3 is 0 Å². The molecule has 0 aliphatic heterocycles. The van der Waals surface area contributed by atoms with Crippen LogP contribution in [0.15, 0.2) is 24.3 Å². The van der Waals surface area contributed by atoms with Crippen LogP contribution >= 0.6 is 0 Å². The highest BCUT2D eigenvalue weighted by atomic mass is 16.2. The molecule has 1 aromatic carbocycles. The Kier molecular flexibility index (Phi) is 4.87. The van der Waals surface area contributed by atoms with Crippen molar-refractivity contribution in [2.24, 2.45) is 11.7 Å². The first-order chi connectivity index (χ1) is 8.51. The zero-order valence-corrected chi connectivity index (χ0v) is 11.1. The number of nitrogens with zero attached hydrogens (tertiary/aromatic N) is 2. The normalized spacial score (nSPS) is 13.5. The Morgan fingerprint density at radius 2 is 2.00 bits per heavy atom. The van der Waals surface area contributed by atoms with Crippen molar-refractivity contribution < 1.29 is 4.79 Å². The molecule has 2 atom stereocenters. The van der Waals surface area contributed by atoms with Crippen LogP contribution in [0.2, 0.25) is 0 Å². The molecule has 0 heterocycles. The van der Waals surface area contributed by atoms with E-state index in [0.717, 1.165) is 12.1 Å². The summed E-state index contributed by atoms with van der Waals surface area (Å²) < 4.78 is 0. The van der Waals surface area contributed by atoms with Crippen molar-refractivity contribution in [2.75, 3.05) is 11.9 Å². The Balaban J connectivity index is 2.83. The van der Waals surface area contributed by atoms with Crippen molar-refractivity contribution in [2.45, 2.75) is 26.3 Å². The van der Waals surface area contributed by atoms with Gasteiger partial charge in [-0.2, -0.15) is 5.26 Å². The van der Waals surface area contributed by atoms with E-state index in [0.29, 0.717) is 5.56 Å². The molecule has 18 heavy (non-hydrogen) atoms. The summed E-state index contributed by atoms with van der Waals surface area (Å²) >= 11 is 0. The van der Waals surface area contributed by atoms with E-state index in [-0.39, 0.29) is 11.8 Å². The molecule has 1 amide bonds. The Morgan fingerprint density at radius 3 is 2.44 bits per heavy atom. The van der Waals surface area contributed by atoms with Crippen LogP contribution in [-0.4, -0.2) is 19.0 Å². The van der Waals surface area contributed by atoms with Crippen molar-refractivity contribution in [3.63, 3.8) is 0 Å². The summed E-state index contributed by atoms with van der Waals surface area (Å²) in [4.78, 5) is 13.7. The second-order valence-electron chi connectivity index (χ2n) is 4.47. The molecule has 1 aromatic rings. The third kappa shape index (κ3) is 3.08. The zero-order chi connectivity index (χ0) is 13.7. The van der Waals surface area contributed by atoms with Crippen LogP contribution in [0.5, 0.6) is 0 Å². The lowest BCUT2D eigenvalue weighted by Gasteiger charge is -2.24. The molecule has 0 spiro atoms. The van der Waals surface area contributed by atoms with Crippen molar-refractivity contribution in [1.82, 2.24) is 0 Å². The predicted octanol–water partition coefficient (Wildman–Crippen LogP) is 1.89. The SMILES string of the molecule is CC[C@H](C)[C@H](N)C(=O)N(C)c1ccc(C#N)cc1. The Hall–Kier alpha value is -1.86. The Bertz CT molecular complexity index is 447. The van der Waals surface area contributed by atoms with Gasteiger partial charge in [0.25, 0.3) is 0 Å². The molecule has 1 rings (SSSR count). The number of anilines is 1. The number of nitriles is 1. The van der Waals surface area contributed by atoms with E-state index in [4.69, 9.17) is 11.0 Å². The summed E-state index contributed by atoms with van der Waals surface area (Å²) in [5.74, 6) is 0.0485. The second-order valence-corrected chi connectivity index (χ2v) is 4.47. The summed E-state index contributed by atoms with van der Waals surface area (Å²) in [6.45, 7) is 3.98. The molecule has 4 nitrogen and oxygen atoms in total. The predicted molar refractivity (Wildman–Crippen MR) is 72.0 cm³/mol. The third-order valence-electron chi connectivity index (χ3n) is 3.26. The zero-order valence-electron chi connectivity index (χ0n) is 11.1. The maximum atomic E-state index is 12.1. The van der Waals surface area contributed by atoms with Crippen molar-refractivity contribution in [3.05, 3.63) is 29.8 Å². The Labute approximate surface area is 108 Å². The number of amides is 1. The second kappa shape index (κ2) is 6.18. The summed E-state index contributed by atoms with van der Waals surface area (Å²) in [6, 6.07) is 8.43. The fourth-order valence-corrected chi connectivity index (χ4v) is 1.61. The van der Waals surface area contributed by atoms with Crippen molar-refractivity contribution in [3.8, 4) is 6.07 Å². The summed E-state index contributed by atoms with van der Waals surface area (Å²) in [5.41, 5.74) is 7.24. The van der Waals surface area contributed by atoms with Gasteiger partial charge in [0.05, 0.1) is 17.7 Å². The number of carbonyl (C=O) groups is 1. The first kappa shape index (κ1) is 14.2. The summed E-state index contributed by atoms with van der Waals surface area (Å²) in [7, 11) is 1.70. The maximum Gasteiger partial charge on any atom is 0.243 e. The average molecular weight is 245 g/mol. The minimum absolute atomic E-state index is 0.103. The van der Waals surface area contributed by atoms with Crippen LogP contribution < -0.4 is 10.6 Å². The minimum atomic E-state index is -0.490. The van der Waals surface area contributed by atoms with Crippen LogP contribution in [-0.2, 0) is 4.79 Å². The maximum absolute atomic E-state index is 12.1. The number of carbonyl (C=O) groups excluding carboxylic acids is 1. The van der Waals surface area contributed by atoms with Gasteiger partial charge in [0, 0.05) is 12.7 Å². The molecular formula is C14H19N3O. The third-order valence-corrected chi connectivity index (χ3v) is 3.26. The molecule has 0 unspecified atom stereocenters. The molecule has 0 aliphatic rings. The molecule has 0 fully saturated rings. The smallest absolute Gasteiger partial charge is 0.243 e. The van der Waals surface area contributed by atoms with Crippen molar-refractivity contribution >= 4 is 11.6 Å². The van der Waals surface area contributed by atoms with Gasteiger partial charge in [0.2, 0.25) is 5.91 Å². The fraction of sp³-hybridized carbons (Fsp3) is 0.429. The van der Waals surface area contributed by atoms with Gasteiger partial charge in [0.15, 0.2) is 0 Å². The first-order valence-electron chi connectivity index (χ1n) is 6.04. The lowest BCUT2D eigenvalue weighted by atomic mass is 9.99. The molecule has 0 bridgehead atoms. The number of rotatable bonds is 4. The van der Waals surface area contributed by atoms with Gasteiger partial charge in [-0.3, -0.25) is 4.79 Å². The molecule has 2 N–H and O–H groups in total. The number of hydrogen-bond acceptors (Lipinski definition) is 3. The standard InChI is InChI=1S/C14H19N3O/c1-4-10(2)13(16)14(18)17(3)12-7-5-11(9-15)6-8-12/h5-8,10,13H,4,16H2,1-3H3/t10-,13-/m0/s1. The van der Waals surface area contributed by atoms with Gasteiger partial charge in [-0.05, 0) is 30.2 Å². The van der Waals surface area contributed by atoms with Gasteiger partial charge in [0.1, 0.15) is 0 Å². The topological polar surface area (TPSA) is 70.1 Å². The van der Waals surface area contributed by atoms with Gasteiger partial charge in [-0.25, -0.2) is 0 Å². The molecule has 4 heteroatoms. The first-order valence-corrected chi connectivity index (χ1v) is 6.04. The van der Waals surface area contributed by atoms with E-state index in [1.165, 1.54) is 4.90 Å². The quantitative estimate of drug-likeness (QED) is 0.880. The minimum Gasteiger partial charge on any atom is -0.320 e. The Morgan fingerprint density at radius 1 is 1.44 bits per heavy atom. The van der Waals surface area contributed by atoms with Crippen LogP contribution in [0.3, 0.4) is 0 Å². The molecule has 0 radical (unpaired) electrons. The van der Waals surface area contributed by atoms with Crippen molar-refractivity contribution in [1.29, 1.82) is 5.26 Å². The average Bonchev–Trinajstić information content (AvgIpc) is 2.44. The monoisotopic (exact) mass is 245 g/mol. The highest BCUT2D eigenvalue weighted by Crippen LogP contribution is 2.16. The van der Waals surface area contributed by atoms with Gasteiger partial charge < -0.3 is 10.6 Å². The molecule has 0 aromatic heterocycles. The molecular weight excluding hydrogens is 226 g/mol. The van der Waals surface area contributed by atoms with E-state index >= 15 is 0 Å². The highest BCUT2D eigenvalue weighted by Gasteiger charge is 2.23. The van der Waals surface area contributed by atoms with E-state index in [9.17, 15) is 4.79 Å². The van der Waals surface area contributed by atoms with Crippen LogP contribution in [0.4, 0.5) is 5.69 Å². The largest absolute Gasteiger partial charge is 0.320 e. The molecule has 0 saturated carbocycles. The van der Waals surface area contributed by atoms with E-state index < -0.39 is 6.04 Å². The number of hydrogen-bond donors (Lipinski definition) is 1. The van der Waals surface area contributed by atoms with Crippen LogP contribution in [0, 0.1) is 17.2 Å². The van der Waals surface area contributed by atoms with Gasteiger partial charge in [-0.15, -0.1) is 0 Å². The molecule has 0 aliphatic carbocycles. The number of nitrogens with two attached hydrogens (primary N) is 1. The molecule has 96 valence electrons. The lowest BCUT2D eigenvalue weighted by Crippen LogP contribution is -2.45. The molecule has 0 saturated heterocycles. The summed E-state index contributed by atoms with van der Waals surface area (Å²) in [5, 5.41) is 8.72. The van der Waals surface area contributed by atoms with E-state index in [2.05, 4.69) is 0 Å². The lowest BCUT2D eigenvalue weighted by molar-refractivity contribution is -0.120. The number of likely N-dealkylation sites (N-methyl/N-ethyl adjacent to an activating group) is 1. The number of benzene rings is 1.